The van der Waals surface area contributed by atoms with Gasteiger partial charge in [0, 0.05) is 6.54 Å². The minimum atomic E-state index is -0.00911. The lowest BCUT2D eigenvalue weighted by molar-refractivity contribution is 0.0722. The quantitative estimate of drug-likeness (QED) is 0.781. The number of aliphatic hydroxyl groups excluding tert-OH is 1. The highest BCUT2D eigenvalue weighted by atomic mass is 16.5. The van der Waals surface area contributed by atoms with E-state index in [0.29, 0.717) is 13.2 Å². The summed E-state index contributed by atoms with van der Waals surface area (Å²) >= 11 is 0. The van der Waals surface area contributed by atoms with Gasteiger partial charge in [-0.2, -0.15) is 0 Å². The lowest BCUT2D eigenvalue weighted by Crippen LogP contribution is -2.48. The van der Waals surface area contributed by atoms with Crippen LogP contribution in [0.15, 0.2) is 6.20 Å². The highest BCUT2D eigenvalue weighted by Gasteiger charge is 2.23. The minimum absolute atomic E-state index is 0.00911. The SMILES string of the molecule is Cc1ncc(N2CCOCC2CO)nc1C. The highest BCUT2D eigenvalue weighted by Crippen LogP contribution is 2.17. The van der Waals surface area contributed by atoms with Gasteiger partial charge in [-0.15, -0.1) is 0 Å². The van der Waals surface area contributed by atoms with E-state index in [1.165, 1.54) is 0 Å². The zero-order valence-electron chi connectivity index (χ0n) is 9.68. The molecule has 1 aromatic rings. The maximum absolute atomic E-state index is 9.28. The average molecular weight is 223 g/mol. The molecule has 5 nitrogen and oxygen atoms in total. The van der Waals surface area contributed by atoms with Crippen LogP contribution in [-0.2, 0) is 4.74 Å². The first-order valence-corrected chi connectivity index (χ1v) is 5.48. The van der Waals surface area contributed by atoms with E-state index in [9.17, 15) is 5.11 Å². The van der Waals surface area contributed by atoms with Crippen LogP contribution in [0.3, 0.4) is 0 Å². The molecule has 1 fully saturated rings. The van der Waals surface area contributed by atoms with Crippen molar-refractivity contribution in [1.29, 1.82) is 0 Å². The highest BCUT2D eigenvalue weighted by molar-refractivity contribution is 5.39. The number of aromatic nitrogens is 2. The number of ether oxygens (including phenoxy) is 1. The molecule has 1 atom stereocenters. The van der Waals surface area contributed by atoms with Gasteiger partial charge in [-0.05, 0) is 13.8 Å². The van der Waals surface area contributed by atoms with Crippen LogP contribution in [0, 0.1) is 13.8 Å². The number of aryl methyl sites for hydroxylation is 2. The fourth-order valence-corrected chi connectivity index (χ4v) is 1.78. The molecule has 1 aliphatic rings. The van der Waals surface area contributed by atoms with Crippen LogP contribution in [0.1, 0.15) is 11.4 Å². The Bertz CT molecular complexity index is 370. The topological polar surface area (TPSA) is 58.5 Å². The summed E-state index contributed by atoms with van der Waals surface area (Å²) in [6.45, 7) is 5.93. The molecular formula is C11H17N3O2. The van der Waals surface area contributed by atoms with E-state index >= 15 is 0 Å². The van der Waals surface area contributed by atoms with Crippen molar-refractivity contribution >= 4 is 5.82 Å². The second-order valence-electron chi connectivity index (χ2n) is 4.00. The smallest absolute Gasteiger partial charge is 0.147 e. The third kappa shape index (κ3) is 2.15. The van der Waals surface area contributed by atoms with Crippen molar-refractivity contribution in [2.24, 2.45) is 0 Å². The van der Waals surface area contributed by atoms with Gasteiger partial charge in [-0.1, -0.05) is 0 Å². The molecule has 0 amide bonds. The summed E-state index contributed by atoms with van der Waals surface area (Å²) in [6, 6.07) is -0.00911. The first-order chi connectivity index (χ1) is 7.72. The molecule has 1 unspecified atom stereocenters. The summed E-state index contributed by atoms with van der Waals surface area (Å²) in [5.41, 5.74) is 1.87. The van der Waals surface area contributed by atoms with E-state index in [-0.39, 0.29) is 12.6 Å². The number of anilines is 1. The van der Waals surface area contributed by atoms with Gasteiger partial charge in [0.1, 0.15) is 5.82 Å². The normalized spacial score (nSPS) is 21.2. The largest absolute Gasteiger partial charge is 0.394 e. The van der Waals surface area contributed by atoms with Crippen LogP contribution in [0.25, 0.3) is 0 Å². The molecular weight excluding hydrogens is 206 g/mol. The van der Waals surface area contributed by atoms with E-state index in [0.717, 1.165) is 23.8 Å². The zero-order valence-corrected chi connectivity index (χ0v) is 9.68. The van der Waals surface area contributed by atoms with Crippen molar-refractivity contribution in [1.82, 2.24) is 9.97 Å². The van der Waals surface area contributed by atoms with Gasteiger partial charge in [-0.3, -0.25) is 4.98 Å². The minimum Gasteiger partial charge on any atom is -0.394 e. The summed E-state index contributed by atoms with van der Waals surface area (Å²) in [5.74, 6) is 0.824. The number of hydrogen-bond acceptors (Lipinski definition) is 5. The molecule has 0 radical (unpaired) electrons. The Morgan fingerprint density at radius 2 is 2.31 bits per heavy atom. The van der Waals surface area contributed by atoms with Gasteiger partial charge in [0.2, 0.25) is 0 Å². The van der Waals surface area contributed by atoms with Crippen molar-refractivity contribution in [2.75, 3.05) is 31.3 Å². The Balaban J connectivity index is 2.23. The fourth-order valence-electron chi connectivity index (χ4n) is 1.78. The molecule has 88 valence electrons. The Morgan fingerprint density at radius 1 is 1.50 bits per heavy atom. The van der Waals surface area contributed by atoms with E-state index in [1.54, 1.807) is 6.20 Å². The van der Waals surface area contributed by atoms with Crippen LogP contribution in [0.2, 0.25) is 0 Å². The summed E-state index contributed by atoms with van der Waals surface area (Å²) in [7, 11) is 0. The number of aliphatic hydroxyl groups is 1. The number of morpholine rings is 1. The van der Waals surface area contributed by atoms with Gasteiger partial charge in [-0.25, -0.2) is 4.98 Å². The summed E-state index contributed by atoms with van der Waals surface area (Å²) in [4.78, 5) is 10.8. The molecule has 2 rings (SSSR count). The molecule has 0 spiro atoms. The van der Waals surface area contributed by atoms with Crippen LogP contribution >= 0.6 is 0 Å². The third-order valence-corrected chi connectivity index (χ3v) is 2.91. The average Bonchev–Trinajstić information content (AvgIpc) is 2.32. The van der Waals surface area contributed by atoms with Gasteiger partial charge in [0.25, 0.3) is 0 Å². The molecule has 0 aliphatic carbocycles. The molecule has 16 heavy (non-hydrogen) atoms. The van der Waals surface area contributed by atoms with Gasteiger partial charge in [0.15, 0.2) is 0 Å². The molecule has 0 bridgehead atoms. The molecule has 0 aromatic carbocycles. The lowest BCUT2D eigenvalue weighted by Gasteiger charge is -2.35. The predicted octanol–water partition coefficient (Wildman–Crippen LogP) is 0.291. The van der Waals surface area contributed by atoms with E-state index in [1.807, 2.05) is 13.8 Å². The standard InChI is InChI=1S/C11H17N3O2/c1-8-9(2)13-11(5-12-8)14-3-4-16-7-10(14)6-15/h5,10,15H,3-4,6-7H2,1-2H3. The molecule has 1 saturated heterocycles. The monoisotopic (exact) mass is 223 g/mol. The van der Waals surface area contributed by atoms with Crippen LogP contribution in [0.4, 0.5) is 5.82 Å². The molecule has 1 N–H and O–H groups in total. The van der Waals surface area contributed by atoms with Crippen LogP contribution < -0.4 is 4.90 Å². The summed E-state index contributed by atoms with van der Waals surface area (Å²) in [6.07, 6.45) is 1.76. The maximum Gasteiger partial charge on any atom is 0.147 e. The molecule has 1 aliphatic heterocycles. The third-order valence-electron chi connectivity index (χ3n) is 2.91. The van der Waals surface area contributed by atoms with Crippen molar-refractivity contribution < 1.29 is 9.84 Å². The second kappa shape index (κ2) is 4.76. The Labute approximate surface area is 95.1 Å². The Kier molecular flexibility index (Phi) is 3.36. The van der Waals surface area contributed by atoms with Gasteiger partial charge in [0.05, 0.1) is 43.4 Å². The summed E-state index contributed by atoms with van der Waals surface area (Å²) in [5, 5.41) is 9.28. The molecule has 5 heteroatoms. The van der Waals surface area contributed by atoms with Gasteiger partial charge >= 0.3 is 0 Å². The molecule has 0 saturated carbocycles. The summed E-state index contributed by atoms with van der Waals surface area (Å²) < 4.78 is 5.33. The number of rotatable bonds is 2. The number of nitrogens with zero attached hydrogens (tertiary/aromatic N) is 3. The van der Waals surface area contributed by atoms with Gasteiger partial charge < -0.3 is 14.7 Å². The maximum atomic E-state index is 9.28. The van der Waals surface area contributed by atoms with E-state index in [2.05, 4.69) is 14.9 Å². The first-order valence-electron chi connectivity index (χ1n) is 5.48. The van der Waals surface area contributed by atoms with Crippen molar-refractivity contribution in [3.8, 4) is 0 Å². The van der Waals surface area contributed by atoms with E-state index < -0.39 is 0 Å². The number of hydrogen-bond donors (Lipinski definition) is 1. The van der Waals surface area contributed by atoms with Crippen molar-refractivity contribution in [3.05, 3.63) is 17.6 Å². The van der Waals surface area contributed by atoms with Crippen LogP contribution in [0.5, 0.6) is 0 Å². The predicted molar refractivity (Wildman–Crippen MR) is 60.5 cm³/mol. The lowest BCUT2D eigenvalue weighted by atomic mass is 10.2. The van der Waals surface area contributed by atoms with E-state index in [4.69, 9.17) is 4.74 Å². The first kappa shape index (κ1) is 11.3. The molecule has 1 aromatic heterocycles. The fraction of sp³-hybridized carbons (Fsp3) is 0.636. The Hall–Kier alpha value is -1.20. The second-order valence-corrected chi connectivity index (χ2v) is 4.00. The van der Waals surface area contributed by atoms with Crippen molar-refractivity contribution in [3.63, 3.8) is 0 Å². The Morgan fingerprint density at radius 3 is 3.00 bits per heavy atom. The van der Waals surface area contributed by atoms with Crippen molar-refractivity contribution in [2.45, 2.75) is 19.9 Å². The van der Waals surface area contributed by atoms with Crippen LogP contribution in [-0.4, -0.2) is 47.5 Å². The zero-order chi connectivity index (χ0) is 11.5. The molecule has 2 heterocycles.